The van der Waals surface area contributed by atoms with Crippen molar-refractivity contribution < 1.29 is 0 Å². The summed E-state index contributed by atoms with van der Waals surface area (Å²) in [7, 11) is 0. The molecule has 2 aromatic rings. The maximum Gasteiger partial charge on any atom is 0.0483 e. The smallest absolute Gasteiger partial charge is 0.0483 e. The summed E-state index contributed by atoms with van der Waals surface area (Å²) < 4.78 is 2.37. The Kier molecular flexibility index (Phi) is 3.31. The Labute approximate surface area is 113 Å². The molecule has 3 heteroatoms. The van der Waals surface area contributed by atoms with Gasteiger partial charge in [0.2, 0.25) is 0 Å². The topological polar surface area (TPSA) is 17.0 Å². The van der Waals surface area contributed by atoms with E-state index in [9.17, 15) is 0 Å². The molecule has 0 aliphatic heterocycles. The number of nitrogens with one attached hydrogen (secondary N) is 1. The molecular weight excluding hydrogens is 244 g/mol. The molecule has 1 aromatic heterocycles. The zero-order valence-electron chi connectivity index (χ0n) is 10.7. The van der Waals surface area contributed by atoms with Gasteiger partial charge in [0.25, 0.3) is 0 Å². The molecule has 1 aliphatic carbocycles. The van der Waals surface area contributed by atoms with E-state index >= 15 is 0 Å². The van der Waals surface area contributed by atoms with Gasteiger partial charge >= 0.3 is 0 Å². The largest absolute Gasteiger partial charge is 0.344 e. The third kappa shape index (κ3) is 2.15. The van der Waals surface area contributed by atoms with Crippen molar-refractivity contribution in [2.24, 2.45) is 0 Å². The SMILES string of the molecule is CCn1c(CNC2CCC2)cc2cc(Cl)ccc21. The Hall–Kier alpha value is -0.990. The molecule has 0 atom stereocenters. The summed E-state index contributed by atoms with van der Waals surface area (Å²) in [6.07, 6.45) is 4.04. The van der Waals surface area contributed by atoms with Gasteiger partial charge in [-0.2, -0.15) is 0 Å². The number of fused-ring (bicyclic) bond motifs is 1. The summed E-state index contributed by atoms with van der Waals surface area (Å²) in [5.74, 6) is 0. The second-order valence-corrected chi connectivity index (χ2v) is 5.53. The van der Waals surface area contributed by atoms with Crippen LogP contribution in [-0.4, -0.2) is 10.6 Å². The van der Waals surface area contributed by atoms with Crippen LogP contribution in [0.5, 0.6) is 0 Å². The van der Waals surface area contributed by atoms with Crippen molar-refractivity contribution in [2.45, 2.75) is 45.3 Å². The molecule has 1 aliphatic rings. The van der Waals surface area contributed by atoms with Crippen molar-refractivity contribution in [3.63, 3.8) is 0 Å². The fraction of sp³-hybridized carbons (Fsp3) is 0.467. The fourth-order valence-corrected chi connectivity index (χ4v) is 2.86. The molecule has 1 aromatic carbocycles. The fourth-order valence-electron chi connectivity index (χ4n) is 2.68. The first-order chi connectivity index (χ1) is 8.78. The van der Waals surface area contributed by atoms with E-state index < -0.39 is 0 Å². The van der Waals surface area contributed by atoms with Gasteiger partial charge in [-0.25, -0.2) is 0 Å². The van der Waals surface area contributed by atoms with Crippen LogP contribution in [0.3, 0.4) is 0 Å². The minimum Gasteiger partial charge on any atom is -0.344 e. The lowest BCUT2D eigenvalue weighted by Crippen LogP contribution is -2.35. The highest BCUT2D eigenvalue weighted by molar-refractivity contribution is 6.31. The highest BCUT2D eigenvalue weighted by Gasteiger charge is 2.17. The third-order valence-electron chi connectivity index (χ3n) is 3.94. The van der Waals surface area contributed by atoms with Crippen molar-refractivity contribution >= 4 is 22.5 Å². The summed E-state index contributed by atoms with van der Waals surface area (Å²) in [4.78, 5) is 0. The highest BCUT2D eigenvalue weighted by atomic mass is 35.5. The number of nitrogens with zero attached hydrogens (tertiary/aromatic N) is 1. The summed E-state index contributed by atoms with van der Waals surface area (Å²) in [6.45, 7) is 4.17. The predicted molar refractivity (Wildman–Crippen MR) is 77.1 cm³/mol. The van der Waals surface area contributed by atoms with Crippen LogP contribution in [0.15, 0.2) is 24.3 Å². The highest BCUT2D eigenvalue weighted by Crippen LogP contribution is 2.24. The standard InChI is InChI=1S/C15H19ClN2/c1-2-18-14(10-17-13-4-3-5-13)9-11-8-12(16)6-7-15(11)18/h6-9,13,17H,2-5,10H2,1H3. The molecule has 0 saturated heterocycles. The lowest BCUT2D eigenvalue weighted by atomic mass is 9.93. The molecule has 3 rings (SSSR count). The van der Waals surface area contributed by atoms with Crippen LogP contribution in [0.1, 0.15) is 31.9 Å². The Morgan fingerprint density at radius 1 is 1.33 bits per heavy atom. The monoisotopic (exact) mass is 262 g/mol. The predicted octanol–water partition coefficient (Wildman–Crippen LogP) is 3.96. The van der Waals surface area contributed by atoms with E-state index in [1.54, 1.807) is 0 Å². The molecule has 96 valence electrons. The van der Waals surface area contributed by atoms with Crippen LogP contribution in [0, 0.1) is 0 Å². The number of benzene rings is 1. The lowest BCUT2D eigenvalue weighted by molar-refractivity contribution is 0.335. The van der Waals surface area contributed by atoms with Crippen molar-refractivity contribution in [1.82, 2.24) is 9.88 Å². The minimum atomic E-state index is 0.733. The molecule has 0 amide bonds. The molecule has 0 radical (unpaired) electrons. The number of aryl methyl sites for hydroxylation is 1. The summed E-state index contributed by atoms with van der Waals surface area (Å²) in [5.41, 5.74) is 2.65. The maximum atomic E-state index is 6.06. The van der Waals surface area contributed by atoms with Gasteiger partial charge in [0.15, 0.2) is 0 Å². The average molecular weight is 263 g/mol. The quantitative estimate of drug-likeness (QED) is 0.883. The van der Waals surface area contributed by atoms with E-state index in [4.69, 9.17) is 11.6 Å². The average Bonchev–Trinajstić information content (AvgIpc) is 2.63. The normalized spacial score (nSPS) is 16.1. The van der Waals surface area contributed by atoms with Gasteiger partial charge in [0, 0.05) is 40.8 Å². The van der Waals surface area contributed by atoms with Gasteiger partial charge in [0.1, 0.15) is 0 Å². The van der Waals surface area contributed by atoms with Gasteiger partial charge < -0.3 is 9.88 Å². The first-order valence-electron chi connectivity index (χ1n) is 6.79. The summed E-state index contributed by atoms with van der Waals surface area (Å²) in [6, 6.07) is 9.14. The van der Waals surface area contributed by atoms with Crippen molar-refractivity contribution in [3.05, 3.63) is 35.0 Å². The van der Waals surface area contributed by atoms with E-state index in [1.165, 1.54) is 35.9 Å². The second kappa shape index (κ2) is 4.94. The first-order valence-corrected chi connectivity index (χ1v) is 7.17. The van der Waals surface area contributed by atoms with Crippen LogP contribution in [0.4, 0.5) is 0 Å². The Balaban J connectivity index is 1.89. The molecule has 1 fully saturated rings. The van der Waals surface area contributed by atoms with Crippen molar-refractivity contribution in [2.75, 3.05) is 0 Å². The van der Waals surface area contributed by atoms with Gasteiger partial charge in [-0.1, -0.05) is 18.0 Å². The lowest BCUT2D eigenvalue weighted by Gasteiger charge is -2.26. The first kappa shape index (κ1) is 12.1. The van der Waals surface area contributed by atoms with Crippen LogP contribution in [0.25, 0.3) is 10.9 Å². The minimum absolute atomic E-state index is 0.733. The van der Waals surface area contributed by atoms with Gasteiger partial charge in [-0.15, -0.1) is 0 Å². The van der Waals surface area contributed by atoms with E-state index in [-0.39, 0.29) is 0 Å². The van der Waals surface area contributed by atoms with E-state index in [0.29, 0.717) is 0 Å². The zero-order valence-corrected chi connectivity index (χ0v) is 11.5. The molecule has 18 heavy (non-hydrogen) atoms. The van der Waals surface area contributed by atoms with E-state index in [0.717, 1.165) is 24.2 Å². The number of halogens is 1. The summed E-state index contributed by atoms with van der Waals surface area (Å²) in [5, 5.41) is 5.69. The van der Waals surface area contributed by atoms with Gasteiger partial charge in [0.05, 0.1) is 0 Å². The molecule has 0 bridgehead atoms. The molecule has 0 spiro atoms. The van der Waals surface area contributed by atoms with Crippen LogP contribution in [0.2, 0.25) is 5.02 Å². The molecule has 2 nitrogen and oxygen atoms in total. The molecule has 1 N–H and O–H groups in total. The van der Waals surface area contributed by atoms with Crippen LogP contribution >= 0.6 is 11.6 Å². The maximum absolute atomic E-state index is 6.06. The Morgan fingerprint density at radius 2 is 2.17 bits per heavy atom. The number of aromatic nitrogens is 1. The van der Waals surface area contributed by atoms with Crippen molar-refractivity contribution in [3.8, 4) is 0 Å². The van der Waals surface area contributed by atoms with Crippen LogP contribution in [-0.2, 0) is 13.1 Å². The molecule has 0 unspecified atom stereocenters. The number of rotatable bonds is 4. The number of hydrogen-bond donors (Lipinski definition) is 1. The van der Waals surface area contributed by atoms with E-state index in [1.807, 2.05) is 6.07 Å². The molecule has 1 heterocycles. The number of hydrogen-bond acceptors (Lipinski definition) is 1. The van der Waals surface area contributed by atoms with Crippen LogP contribution < -0.4 is 5.32 Å². The summed E-state index contributed by atoms with van der Waals surface area (Å²) >= 11 is 6.06. The molecule has 1 saturated carbocycles. The molecular formula is C15H19ClN2. The van der Waals surface area contributed by atoms with Crippen molar-refractivity contribution in [1.29, 1.82) is 0 Å². The zero-order chi connectivity index (χ0) is 12.5. The van der Waals surface area contributed by atoms with Gasteiger partial charge in [-0.05, 0) is 44.0 Å². The van der Waals surface area contributed by atoms with Gasteiger partial charge in [-0.3, -0.25) is 0 Å². The Bertz CT molecular complexity index is 555. The Morgan fingerprint density at radius 3 is 2.83 bits per heavy atom. The second-order valence-electron chi connectivity index (χ2n) is 5.09. The third-order valence-corrected chi connectivity index (χ3v) is 4.18. The van der Waals surface area contributed by atoms with E-state index in [2.05, 4.69) is 35.0 Å².